The van der Waals surface area contributed by atoms with E-state index in [0.717, 1.165) is 38.2 Å². The number of aromatic nitrogens is 2. The molecule has 3 aromatic rings. The predicted octanol–water partition coefficient (Wildman–Crippen LogP) is 3.17. The van der Waals surface area contributed by atoms with Gasteiger partial charge in [-0.1, -0.05) is 54.6 Å². The number of benzene rings is 2. The van der Waals surface area contributed by atoms with Crippen LogP contribution in [0.25, 0.3) is 0 Å². The molecular weight excluding hydrogens is 320 g/mol. The van der Waals surface area contributed by atoms with E-state index in [1.54, 1.807) is 6.20 Å². The Labute approximate surface area is 155 Å². The van der Waals surface area contributed by atoms with E-state index in [1.807, 2.05) is 6.07 Å². The summed E-state index contributed by atoms with van der Waals surface area (Å²) in [6.45, 7) is 2.72. The second-order valence-electron chi connectivity index (χ2n) is 7.37. The Morgan fingerprint density at radius 1 is 1.00 bits per heavy atom. The van der Waals surface area contributed by atoms with Crippen molar-refractivity contribution in [1.29, 1.82) is 0 Å². The molecule has 2 N–H and O–H groups in total. The first-order chi connectivity index (χ1) is 12.8. The number of aromatic amines is 1. The highest BCUT2D eigenvalue weighted by Gasteiger charge is 2.40. The summed E-state index contributed by atoms with van der Waals surface area (Å²) < 4.78 is 0. The van der Waals surface area contributed by atoms with Crippen molar-refractivity contribution < 1.29 is 0 Å². The summed E-state index contributed by atoms with van der Waals surface area (Å²) in [5.41, 5.74) is 5.55. The summed E-state index contributed by atoms with van der Waals surface area (Å²) in [5, 5.41) is 10.7. The van der Waals surface area contributed by atoms with Crippen molar-refractivity contribution in [1.82, 2.24) is 20.4 Å². The number of nitrogens with zero attached hydrogens (tertiary/aromatic N) is 2. The molecule has 0 atom stereocenters. The highest BCUT2D eigenvalue weighted by molar-refractivity contribution is 5.37. The summed E-state index contributed by atoms with van der Waals surface area (Å²) in [6.07, 6.45) is 3.98. The molecule has 4 heteroatoms. The Morgan fingerprint density at radius 2 is 1.69 bits per heavy atom. The number of nitrogens with one attached hydrogen (secondary N) is 2. The zero-order chi connectivity index (χ0) is 17.8. The molecule has 4 rings (SSSR count). The molecule has 0 fully saturated rings. The molecule has 0 amide bonds. The van der Waals surface area contributed by atoms with Crippen LogP contribution in [0.4, 0.5) is 0 Å². The standard InChI is InChI=1S/C22H26N4/c1-26(16-18-7-3-2-4-8-18)22(17-23-15-21-11-12-24-25-21)13-19-9-5-6-10-20(19)14-22/h2-12,23H,13-17H2,1H3,(H,24,25). The fraction of sp³-hybridized carbons (Fsp3) is 0.318. The van der Waals surface area contributed by atoms with Gasteiger partial charge in [-0.25, -0.2) is 0 Å². The topological polar surface area (TPSA) is 44.0 Å². The molecule has 26 heavy (non-hydrogen) atoms. The zero-order valence-corrected chi connectivity index (χ0v) is 15.3. The van der Waals surface area contributed by atoms with Gasteiger partial charge in [0, 0.05) is 37.1 Å². The van der Waals surface area contributed by atoms with Gasteiger partial charge in [-0.15, -0.1) is 0 Å². The molecule has 0 saturated carbocycles. The van der Waals surface area contributed by atoms with Crippen LogP contribution in [0.5, 0.6) is 0 Å². The Balaban J connectivity index is 1.51. The van der Waals surface area contributed by atoms with E-state index >= 15 is 0 Å². The van der Waals surface area contributed by atoms with E-state index in [-0.39, 0.29) is 5.54 Å². The van der Waals surface area contributed by atoms with Crippen molar-refractivity contribution in [2.75, 3.05) is 13.6 Å². The largest absolute Gasteiger partial charge is 0.309 e. The van der Waals surface area contributed by atoms with Gasteiger partial charge in [-0.2, -0.15) is 5.10 Å². The summed E-state index contributed by atoms with van der Waals surface area (Å²) in [4.78, 5) is 2.53. The molecule has 0 aliphatic heterocycles. The van der Waals surface area contributed by atoms with Crippen LogP contribution in [-0.2, 0) is 25.9 Å². The van der Waals surface area contributed by atoms with Gasteiger partial charge in [0.25, 0.3) is 0 Å². The van der Waals surface area contributed by atoms with E-state index in [4.69, 9.17) is 0 Å². The van der Waals surface area contributed by atoms with Gasteiger partial charge in [-0.05, 0) is 42.6 Å². The Hall–Kier alpha value is -2.43. The molecular formula is C22H26N4. The van der Waals surface area contributed by atoms with E-state index in [1.165, 1.54) is 16.7 Å². The van der Waals surface area contributed by atoms with Crippen LogP contribution in [0.15, 0.2) is 66.9 Å². The monoisotopic (exact) mass is 346 g/mol. The fourth-order valence-corrected chi connectivity index (χ4v) is 4.04. The first kappa shape index (κ1) is 17.0. The highest BCUT2D eigenvalue weighted by Crippen LogP contribution is 2.34. The minimum absolute atomic E-state index is 0.0968. The number of H-pyrrole nitrogens is 1. The Morgan fingerprint density at radius 3 is 2.35 bits per heavy atom. The van der Waals surface area contributed by atoms with Crippen molar-refractivity contribution in [3.8, 4) is 0 Å². The van der Waals surface area contributed by atoms with E-state index < -0.39 is 0 Å². The summed E-state index contributed by atoms with van der Waals surface area (Å²) in [5.74, 6) is 0. The molecule has 1 heterocycles. The second-order valence-corrected chi connectivity index (χ2v) is 7.37. The lowest BCUT2D eigenvalue weighted by molar-refractivity contribution is 0.117. The van der Waals surface area contributed by atoms with Gasteiger partial charge < -0.3 is 5.32 Å². The van der Waals surface area contributed by atoms with Gasteiger partial charge in [0.15, 0.2) is 0 Å². The van der Waals surface area contributed by atoms with Crippen LogP contribution in [0.1, 0.15) is 22.4 Å². The SMILES string of the molecule is CN(Cc1ccccc1)C1(CNCc2ccn[nH]2)Cc2ccccc2C1. The normalized spacial score (nSPS) is 15.3. The van der Waals surface area contributed by atoms with Gasteiger partial charge in [0.2, 0.25) is 0 Å². The van der Waals surface area contributed by atoms with Crippen molar-refractivity contribution in [3.05, 3.63) is 89.2 Å². The molecule has 0 saturated heterocycles. The van der Waals surface area contributed by atoms with Crippen LogP contribution >= 0.6 is 0 Å². The molecule has 0 bridgehead atoms. The number of likely N-dealkylation sites (N-methyl/N-ethyl adjacent to an activating group) is 1. The zero-order valence-electron chi connectivity index (χ0n) is 15.3. The molecule has 0 radical (unpaired) electrons. The molecule has 1 aliphatic rings. The molecule has 4 nitrogen and oxygen atoms in total. The van der Waals surface area contributed by atoms with Crippen LogP contribution < -0.4 is 5.32 Å². The van der Waals surface area contributed by atoms with Gasteiger partial charge >= 0.3 is 0 Å². The lowest BCUT2D eigenvalue weighted by atomic mass is 9.92. The number of hydrogen-bond donors (Lipinski definition) is 2. The van der Waals surface area contributed by atoms with E-state index in [9.17, 15) is 0 Å². The number of fused-ring (bicyclic) bond motifs is 1. The maximum Gasteiger partial charge on any atom is 0.0490 e. The van der Waals surface area contributed by atoms with Gasteiger partial charge in [-0.3, -0.25) is 10.00 Å². The van der Waals surface area contributed by atoms with E-state index in [0.29, 0.717) is 0 Å². The second kappa shape index (κ2) is 7.44. The first-order valence-electron chi connectivity index (χ1n) is 9.26. The fourth-order valence-electron chi connectivity index (χ4n) is 4.04. The average molecular weight is 346 g/mol. The summed E-state index contributed by atoms with van der Waals surface area (Å²) >= 11 is 0. The lowest BCUT2D eigenvalue weighted by Crippen LogP contribution is -2.53. The van der Waals surface area contributed by atoms with Crippen molar-refractivity contribution in [3.63, 3.8) is 0 Å². The molecule has 2 aromatic carbocycles. The van der Waals surface area contributed by atoms with Crippen LogP contribution in [0.2, 0.25) is 0 Å². The molecule has 134 valence electrons. The Kier molecular flexibility index (Phi) is 4.87. The first-order valence-corrected chi connectivity index (χ1v) is 9.26. The third-order valence-electron chi connectivity index (χ3n) is 5.56. The van der Waals surface area contributed by atoms with Crippen molar-refractivity contribution in [2.24, 2.45) is 0 Å². The van der Waals surface area contributed by atoms with Crippen LogP contribution in [0, 0.1) is 0 Å². The van der Waals surface area contributed by atoms with Crippen molar-refractivity contribution >= 4 is 0 Å². The molecule has 0 spiro atoms. The minimum Gasteiger partial charge on any atom is -0.309 e. The quantitative estimate of drug-likeness (QED) is 0.691. The number of hydrogen-bond acceptors (Lipinski definition) is 3. The molecule has 0 unspecified atom stereocenters. The lowest BCUT2D eigenvalue weighted by Gasteiger charge is -2.39. The predicted molar refractivity (Wildman–Crippen MR) is 105 cm³/mol. The summed E-state index contributed by atoms with van der Waals surface area (Å²) in [7, 11) is 2.26. The molecule has 1 aliphatic carbocycles. The number of rotatable bonds is 7. The van der Waals surface area contributed by atoms with Gasteiger partial charge in [0.05, 0.1) is 0 Å². The third-order valence-corrected chi connectivity index (χ3v) is 5.56. The summed E-state index contributed by atoms with van der Waals surface area (Å²) in [6, 6.07) is 21.6. The van der Waals surface area contributed by atoms with E-state index in [2.05, 4.69) is 82.1 Å². The highest BCUT2D eigenvalue weighted by atomic mass is 15.2. The smallest absolute Gasteiger partial charge is 0.0490 e. The molecule has 1 aromatic heterocycles. The van der Waals surface area contributed by atoms with Crippen LogP contribution in [0.3, 0.4) is 0 Å². The van der Waals surface area contributed by atoms with Crippen LogP contribution in [-0.4, -0.2) is 34.2 Å². The van der Waals surface area contributed by atoms with Crippen molar-refractivity contribution in [2.45, 2.75) is 31.5 Å². The maximum atomic E-state index is 4.04. The third kappa shape index (κ3) is 3.57. The average Bonchev–Trinajstić information content (AvgIpc) is 3.30. The maximum absolute atomic E-state index is 4.04. The Bertz CT molecular complexity index is 801. The minimum atomic E-state index is 0.0968. The van der Waals surface area contributed by atoms with Gasteiger partial charge in [0.1, 0.15) is 0 Å².